The summed E-state index contributed by atoms with van der Waals surface area (Å²) in [6.45, 7) is 3.06. The number of rotatable bonds is 2. The summed E-state index contributed by atoms with van der Waals surface area (Å²) in [6, 6.07) is 1.90. The lowest BCUT2D eigenvalue weighted by Gasteiger charge is -2.17. The number of carbonyl (C=O) groups is 1. The minimum absolute atomic E-state index is 0.118. The zero-order chi connectivity index (χ0) is 11.5. The number of aromatic nitrogens is 1. The van der Waals surface area contributed by atoms with Crippen LogP contribution in [0.15, 0.2) is 10.6 Å². The highest BCUT2D eigenvalue weighted by atomic mass is 16.5. The van der Waals surface area contributed by atoms with Crippen LogP contribution < -0.4 is 10.1 Å². The van der Waals surface area contributed by atoms with Crippen molar-refractivity contribution in [3.05, 3.63) is 11.8 Å². The Kier molecular flexibility index (Phi) is 3.24. The van der Waals surface area contributed by atoms with Gasteiger partial charge < -0.3 is 4.74 Å². The molecule has 5 nitrogen and oxygen atoms in total. The van der Waals surface area contributed by atoms with Gasteiger partial charge in [0.1, 0.15) is 0 Å². The number of ether oxygens (including phenoxy) is 1. The van der Waals surface area contributed by atoms with Gasteiger partial charge in [-0.3, -0.25) is 10.1 Å². The van der Waals surface area contributed by atoms with Gasteiger partial charge >= 0.3 is 0 Å². The molecule has 1 aliphatic rings. The van der Waals surface area contributed by atoms with Crippen LogP contribution in [0.4, 0.5) is 5.88 Å². The molecule has 1 amide bonds. The number of nitrogens with zero attached hydrogens (tertiary/aromatic N) is 1. The van der Waals surface area contributed by atoms with Gasteiger partial charge in [-0.05, 0) is 17.6 Å². The third-order valence-corrected chi connectivity index (χ3v) is 2.82. The third-order valence-electron chi connectivity index (χ3n) is 2.82. The summed E-state index contributed by atoms with van der Waals surface area (Å²) < 4.78 is 12.5. The van der Waals surface area contributed by atoms with Crippen molar-refractivity contribution in [1.82, 2.24) is 0 Å². The molecule has 0 radical (unpaired) electrons. The highest BCUT2D eigenvalue weighted by molar-refractivity contribution is 5.86. The highest BCUT2D eigenvalue weighted by Crippen LogP contribution is 2.26. The van der Waals surface area contributed by atoms with E-state index in [0.29, 0.717) is 11.8 Å². The van der Waals surface area contributed by atoms with Crippen molar-refractivity contribution in [2.75, 3.05) is 18.5 Å². The molecule has 0 unspecified atom stereocenters. The van der Waals surface area contributed by atoms with Crippen molar-refractivity contribution in [3.63, 3.8) is 0 Å². The minimum atomic E-state index is -0.118. The van der Waals surface area contributed by atoms with E-state index in [1.54, 1.807) is 4.74 Å². The molecule has 0 saturated carbocycles. The second kappa shape index (κ2) is 4.65. The maximum Gasteiger partial charge on any atom is 0.282 e. The molecule has 0 bridgehead atoms. The van der Waals surface area contributed by atoms with Gasteiger partial charge in [0, 0.05) is 20.1 Å². The predicted molar refractivity (Wildman–Crippen MR) is 57.0 cm³/mol. The molecule has 2 rings (SSSR count). The van der Waals surface area contributed by atoms with Crippen LogP contribution in [0, 0.1) is 0 Å². The molecule has 16 heavy (non-hydrogen) atoms. The number of anilines is 1. The van der Waals surface area contributed by atoms with Crippen molar-refractivity contribution in [2.45, 2.75) is 25.7 Å². The number of hydrogen-bond donors (Lipinski definition) is 1. The van der Waals surface area contributed by atoms with Crippen molar-refractivity contribution >= 4 is 11.8 Å². The fourth-order valence-electron chi connectivity index (χ4n) is 2.05. The van der Waals surface area contributed by atoms with E-state index >= 15 is 0 Å². The van der Waals surface area contributed by atoms with E-state index in [1.807, 2.05) is 13.1 Å². The summed E-state index contributed by atoms with van der Waals surface area (Å²) in [5.74, 6) is 0.856. The maximum atomic E-state index is 10.9. The Morgan fingerprint density at radius 2 is 2.19 bits per heavy atom. The summed E-state index contributed by atoms with van der Waals surface area (Å²) in [6.07, 6.45) is 2.01. The van der Waals surface area contributed by atoms with Crippen LogP contribution in [0.2, 0.25) is 0 Å². The van der Waals surface area contributed by atoms with Gasteiger partial charge in [0.25, 0.3) is 5.88 Å². The molecule has 0 atom stereocenters. The topological polar surface area (TPSA) is 55.4 Å². The first-order valence-electron chi connectivity index (χ1n) is 5.52. The molecule has 2 heterocycles. The van der Waals surface area contributed by atoms with Crippen LogP contribution in [-0.4, -0.2) is 19.1 Å². The molecule has 1 N–H and O–H groups in total. The summed E-state index contributed by atoms with van der Waals surface area (Å²) in [5, 5.41) is 2.65. The van der Waals surface area contributed by atoms with Crippen LogP contribution in [-0.2, 0) is 16.6 Å². The standard InChI is InChI=1S/C11H16N2O3/c1-8(14)12-11-7-10(13(2)16-11)9-3-5-15-6-4-9/h7,9H,3-6H2,1-2H3/p+1. The Bertz CT molecular complexity index is 381. The van der Waals surface area contributed by atoms with E-state index in [4.69, 9.17) is 9.26 Å². The molecule has 1 aromatic heterocycles. The Balaban J connectivity index is 2.13. The van der Waals surface area contributed by atoms with Crippen LogP contribution >= 0.6 is 0 Å². The number of carbonyl (C=O) groups excluding carboxylic acids is 1. The zero-order valence-electron chi connectivity index (χ0n) is 9.66. The van der Waals surface area contributed by atoms with Gasteiger partial charge in [0.05, 0.1) is 12.0 Å². The fourth-order valence-corrected chi connectivity index (χ4v) is 2.05. The summed E-state index contributed by atoms with van der Waals surface area (Å²) in [4.78, 5) is 10.9. The van der Waals surface area contributed by atoms with Gasteiger partial charge in [-0.1, -0.05) is 0 Å². The average Bonchev–Trinajstić information content (AvgIpc) is 2.60. The van der Waals surface area contributed by atoms with Gasteiger partial charge in [0.2, 0.25) is 11.6 Å². The van der Waals surface area contributed by atoms with E-state index in [9.17, 15) is 4.79 Å². The van der Waals surface area contributed by atoms with Crippen LogP contribution in [0.1, 0.15) is 31.4 Å². The van der Waals surface area contributed by atoms with E-state index in [1.165, 1.54) is 6.92 Å². The predicted octanol–water partition coefficient (Wildman–Crippen LogP) is 0.956. The van der Waals surface area contributed by atoms with Crippen molar-refractivity contribution in [1.29, 1.82) is 0 Å². The second-order valence-corrected chi connectivity index (χ2v) is 4.09. The van der Waals surface area contributed by atoms with Crippen molar-refractivity contribution < 1.29 is 18.8 Å². The van der Waals surface area contributed by atoms with Crippen molar-refractivity contribution in [2.24, 2.45) is 7.05 Å². The first-order valence-corrected chi connectivity index (χ1v) is 5.52. The quantitative estimate of drug-likeness (QED) is 0.763. The van der Waals surface area contributed by atoms with E-state index in [0.717, 1.165) is 31.7 Å². The first-order chi connectivity index (χ1) is 7.66. The van der Waals surface area contributed by atoms with Gasteiger partial charge in [-0.25, -0.2) is 4.52 Å². The SMILES string of the molecule is CC(=O)Nc1cc(C2CCOCC2)[n+](C)o1. The molecule has 5 heteroatoms. The molecular weight excluding hydrogens is 208 g/mol. The Hall–Kier alpha value is -1.36. The van der Waals surface area contributed by atoms with Gasteiger partial charge in [0.15, 0.2) is 7.05 Å². The average molecular weight is 225 g/mol. The minimum Gasteiger partial charge on any atom is -0.381 e. The van der Waals surface area contributed by atoms with E-state index < -0.39 is 0 Å². The fraction of sp³-hybridized carbons (Fsp3) is 0.636. The lowest BCUT2D eigenvalue weighted by Crippen LogP contribution is -2.33. The van der Waals surface area contributed by atoms with Gasteiger partial charge in [-0.2, -0.15) is 0 Å². The molecule has 1 aromatic rings. The molecule has 1 saturated heterocycles. The number of aryl methyl sites for hydroxylation is 1. The normalized spacial score (nSPS) is 17.4. The van der Waals surface area contributed by atoms with Crippen LogP contribution in [0.25, 0.3) is 0 Å². The maximum absolute atomic E-state index is 10.9. The second-order valence-electron chi connectivity index (χ2n) is 4.09. The third kappa shape index (κ3) is 2.41. The number of hydrogen-bond acceptors (Lipinski definition) is 3. The zero-order valence-corrected chi connectivity index (χ0v) is 9.66. The van der Waals surface area contributed by atoms with E-state index in [-0.39, 0.29) is 5.91 Å². The van der Waals surface area contributed by atoms with Crippen LogP contribution in [0.3, 0.4) is 0 Å². The number of nitrogens with one attached hydrogen (secondary N) is 1. The molecule has 0 spiro atoms. The Morgan fingerprint density at radius 3 is 2.81 bits per heavy atom. The lowest BCUT2D eigenvalue weighted by molar-refractivity contribution is -0.849. The summed E-state index contributed by atoms with van der Waals surface area (Å²) in [5.41, 5.74) is 1.12. The highest BCUT2D eigenvalue weighted by Gasteiger charge is 2.27. The summed E-state index contributed by atoms with van der Waals surface area (Å²) >= 11 is 0. The number of amides is 1. The first kappa shape index (κ1) is 11.1. The Morgan fingerprint density at radius 1 is 1.50 bits per heavy atom. The van der Waals surface area contributed by atoms with E-state index in [2.05, 4.69) is 5.32 Å². The Labute approximate surface area is 94.3 Å². The molecule has 1 aliphatic heterocycles. The van der Waals surface area contributed by atoms with Crippen LogP contribution in [0.5, 0.6) is 0 Å². The molecule has 88 valence electrons. The lowest BCUT2D eigenvalue weighted by atomic mass is 9.96. The smallest absolute Gasteiger partial charge is 0.282 e. The molecule has 0 aromatic carbocycles. The van der Waals surface area contributed by atoms with Crippen molar-refractivity contribution in [3.8, 4) is 0 Å². The monoisotopic (exact) mass is 225 g/mol. The summed E-state index contributed by atoms with van der Waals surface area (Å²) in [7, 11) is 1.86. The molecule has 1 fully saturated rings. The largest absolute Gasteiger partial charge is 0.381 e. The molecular formula is C11H17N2O3+. The van der Waals surface area contributed by atoms with Gasteiger partial charge in [-0.15, -0.1) is 0 Å². The molecule has 0 aliphatic carbocycles.